The molecular weight excluding hydrogens is 398 g/mol. The molecule has 1 aromatic heterocycles. The normalized spacial score (nSPS) is 12.0. The molecule has 0 unspecified atom stereocenters. The smallest absolute Gasteiger partial charge is 0.253 e. The molecule has 3 nitrogen and oxygen atoms in total. The highest BCUT2D eigenvalue weighted by molar-refractivity contribution is 9.10. The molecule has 0 aliphatic heterocycles. The van der Waals surface area contributed by atoms with Crippen molar-refractivity contribution in [2.45, 2.75) is 6.54 Å². The zero-order valence-electron chi connectivity index (χ0n) is 13.5. The number of ketones is 1. The highest BCUT2D eigenvalue weighted by Crippen LogP contribution is 2.36. The third kappa shape index (κ3) is 2.83. The van der Waals surface area contributed by atoms with Crippen LogP contribution < -0.4 is 0 Å². The van der Waals surface area contributed by atoms with Crippen molar-refractivity contribution in [2.24, 2.45) is 0 Å². The van der Waals surface area contributed by atoms with Crippen molar-refractivity contribution >= 4 is 39.0 Å². The van der Waals surface area contributed by atoms with Gasteiger partial charge >= 0.3 is 0 Å². The first-order chi connectivity index (χ1) is 12.0. The summed E-state index contributed by atoms with van der Waals surface area (Å²) in [6.07, 6.45) is 0. The van der Waals surface area contributed by atoms with E-state index < -0.39 is 0 Å². The van der Waals surface area contributed by atoms with Crippen molar-refractivity contribution in [3.63, 3.8) is 0 Å². The third-order valence-electron chi connectivity index (χ3n) is 4.33. The van der Waals surface area contributed by atoms with E-state index in [2.05, 4.69) is 15.9 Å². The number of amides is 1. The van der Waals surface area contributed by atoms with Crippen molar-refractivity contribution in [3.05, 3.63) is 80.0 Å². The molecule has 124 valence electrons. The average molecular weight is 412 g/mol. The van der Waals surface area contributed by atoms with Crippen molar-refractivity contribution in [3.8, 4) is 11.1 Å². The largest absolute Gasteiger partial charge is 0.337 e. The van der Waals surface area contributed by atoms with Crippen LogP contribution in [-0.4, -0.2) is 23.6 Å². The second-order valence-electron chi connectivity index (χ2n) is 6.03. The molecular formula is C20H14BrNO2S. The lowest BCUT2D eigenvalue weighted by molar-refractivity contribution is 0.0786. The van der Waals surface area contributed by atoms with E-state index in [-0.39, 0.29) is 11.7 Å². The highest BCUT2D eigenvalue weighted by atomic mass is 79.9. The molecule has 2 aromatic carbocycles. The zero-order valence-corrected chi connectivity index (χ0v) is 15.9. The fourth-order valence-corrected chi connectivity index (χ4v) is 4.63. The molecule has 1 aliphatic rings. The van der Waals surface area contributed by atoms with Gasteiger partial charge < -0.3 is 4.90 Å². The van der Waals surface area contributed by atoms with E-state index in [9.17, 15) is 9.59 Å². The average Bonchev–Trinajstić information content (AvgIpc) is 3.16. The summed E-state index contributed by atoms with van der Waals surface area (Å²) in [6.45, 7) is 0.542. The minimum absolute atomic E-state index is 0.00918. The summed E-state index contributed by atoms with van der Waals surface area (Å²) in [4.78, 5) is 28.1. The van der Waals surface area contributed by atoms with Gasteiger partial charge in [0.05, 0.1) is 6.54 Å². The first-order valence-corrected chi connectivity index (χ1v) is 9.48. The van der Waals surface area contributed by atoms with E-state index in [1.54, 1.807) is 35.4 Å². The number of carbonyl (C=O) groups excluding carboxylic acids is 2. The molecule has 4 rings (SSSR count). The molecule has 3 aromatic rings. The van der Waals surface area contributed by atoms with Crippen LogP contribution in [0.15, 0.2) is 58.4 Å². The Labute approximate surface area is 158 Å². The van der Waals surface area contributed by atoms with Crippen molar-refractivity contribution in [1.29, 1.82) is 0 Å². The number of carbonyl (C=O) groups is 2. The van der Waals surface area contributed by atoms with Gasteiger partial charge in [-0.15, -0.1) is 11.3 Å². The standard InChI is InChI=1S/C20H14BrNO2S/c1-22(10-14-9-13(21)11-25-14)20(24)12-6-7-16-15-4-2-3-5-17(15)19(23)18(16)8-12/h2-9,11H,10H2,1H3. The third-order valence-corrected chi connectivity index (χ3v) is 6.02. The van der Waals surface area contributed by atoms with Crippen molar-refractivity contribution in [1.82, 2.24) is 4.90 Å². The van der Waals surface area contributed by atoms with E-state index in [1.807, 2.05) is 41.8 Å². The molecule has 0 fully saturated rings. The predicted octanol–water partition coefficient (Wildman–Crippen LogP) is 4.99. The van der Waals surface area contributed by atoms with Gasteiger partial charge in [-0.05, 0) is 45.3 Å². The monoisotopic (exact) mass is 411 g/mol. The number of hydrogen-bond acceptors (Lipinski definition) is 3. The van der Waals surface area contributed by atoms with Gasteiger partial charge in [-0.2, -0.15) is 0 Å². The first-order valence-electron chi connectivity index (χ1n) is 7.81. The van der Waals surface area contributed by atoms with Crippen LogP contribution in [0.25, 0.3) is 11.1 Å². The lowest BCUT2D eigenvalue weighted by atomic mass is 10.0. The summed E-state index contributed by atoms with van der Waals surface area (Å²) in [5.74, 6) is -0.0961. The molecule has 0 atom stereocenters. The summed E-state index contributed by atoms with van der Waals surface area (Å²) in [7, 11) is 1.78. The van der Waals surface area contributed by atoms with Crippen molar-refractivity contribution < 1.29 is 9.59 Å². The summed E-state index contributed by atoms with van der Waals surface area (Å²) in [6, 6.07) is 15.0. The Balaban J connectivity index is 1.62. The Hall–Kier alpha value is -2.24. The molecule has 0 saturated heterocycles. The Bertz CT molecular complexity index is 1010. The Morgan fingerprint density at radius 2 is 1.76 bits per heavy atom. The van der Waals surface area contributed by atoms with Crippen molar-refractivity contribution in [2.75, 3.05) is 7.05 Å². The summed E-state index contributed by atoms with van der Waals surface area (Å²) in [5.41, 5.74) is 3.71. The van der Waals surface area contributed by atoms with Crippen LogP contribution in [0, 0.1) is 0 Å². The maximum atomic E-state index is 12.7. The van der Waals surface area contributed by atoms with E-state index >= 15 is 0 Å². The number of fused-ring (bicyclic) bond motifs is 3. The fourth-order valence-electron chi connectivity index (χ4n) is 3.12. The molecule has 0 spiro atoms. The molecule has 25 heavy (non-hydrogen) atoms. The van der Waals surface area contributed by atoms with Gasteiger partial charge in [-0.3, -0.25) is 9.59 Å². The van der Waals surface area contributed by atoms with E-state index in [4.69, 9.17) is 0 Å². The molecule has 1 amide bonds. The lowest BCUT2D eigenvalue weighted by Gasteiger charge is -2.16. The van der Waals surface area contributed by atoms with Crippen LogP contribution in [0.1, 0.15) is 31.2 Å². The molecule has 1 heterocycles. The number of rotatable bonds is 3. The van der Waals surface area contributed by atoms with Crippen LogP contribution in [0.5, 0.6) is 0 Å². The van der Waals surface area contributed by atoms with E-state index in [0.717, 1.165) is 20.5 Å². The first kappa shape index (κ1) is 16.2. The van der Waals surface area contributed by atoms with Crippen LogP contribution in [-0.2, 0) is 6.54 Å². The highest BCUT2D eigenvalue weighted by Gasteiger charge is 2.27. The van der Waals surface area contributed by atoms with Gasteiger partial charge in [-0.25, -0.2) is 0 Å². The van der Waals surface area contributed by atoms with Gasteiger partial charge in [0.25, 0.3) is 5.91 Å². The van der Waals surface area contributed by atoms with Gasteiger partial charge in [0.1, 0.15) is 0 Å². The minimum atomic E-state index is -0.0870. The van der Waals surface area contributed by atoms with Crippen LogP contribution in [0.2, 0.25) is 0 Å². The second kappa shape index (κ2) is 6.24. The molecule has 0 N–H and O–H groups in total. The zero-order chi connectivity index (χ0) is 17.6. The molecule has 1 aliphatic carbocycles. The minimum Gasteiger partial charge on any atom is -0.337 e. The number of hydrogen-bond donors (Lipinski definition) is 0. The second-order valence-corrected chi connectivity index (χ2v) is 7.94. The topological polar surface area (TPSA) is 37.4 Å². The molecule has 0 bridgehead atoms. The number of thiophene rings is 1. The number of nitrogens with zero attached hydrogens (tertiary/aromatic N) is 1. The predicted molar refractivity (Wildman–Crippen MR) is 103 cm³/mol. The molecule has 0 saturated carbocycles. The maximum absolute atomic E-state index is 12.7. The number of halogens is 1. The Morgan fingerprint density at radius 1 is 1.04 bits per heavy atom. The van der Waals surface area contributed by atoms with E-state index in [1.165, 1.54) is 0 Å². The Kier molecular flexibility index (Phi) is 4.06. The van der Waals surface area contributed by atoms with Crippen LogP contribution in [0.3, 0.4) is 0 Å². The van der Waals surface area contributed by atoms with Gasteiger partial charge in [0.15, 0.2) is 5.78 Å². The molecule has 0 radical (unpaired) electrons. The lowest BCUT2D eigenvalue weighted by Crippen LogP contribution is -2.26. The quantitative estimate of drug-likeness (QED) is 0.475. The van der Waals surface area contributed by atoms with Gasteiger partial charge in [0.2, 0.25) is 0 Å². The van der Waals surface area contributed by atoms with Crippen LogP contribution in [0.4, 0.5) is 0 Å². The van der Waals surface area contributed by atoms with E-state index in [0.29, 0.717) is 23.2 Å². The summed E-state index contributed by atoms with van der Waals surface area (Å²) >= 11 is 5.04. The molecule has 5 heteroatoms. The van der Waals surface area contributed by atoms with Crippen LogP contribution >= 0.6 is 27.3 Å². The summed E-state index contributed by atoms with van der Waals surface area (Å²) in [5, 5.41) is 2.00. The maximum Gasteiger partial charge on any atom is 0.253 e. The summed E-state index contributed by atoms with van der Waals surface area (Å²) < 4.78 is 1.02. The SMILES string of the molecule is CN(Cc1cc(Br)cs1)C(=O)c1ccc2c(c1)C(=O)c1ccccc1-2. The Morgan fingerprint density at radius 3 is 2.48 bits per heavy atom. The van der Waals surface area contributed by atoms with Gasteiger partial charge in [-0.1, -0.05) is 30.3 Å². The fraction of sp³-hybridized carbons (Fsp3) is 0.100. The van der Waals surface area contributed by atoms with Gasteiger partial charge in [0, 0.05) is 38.5 Å². The number of benzene rings is 2.